The van der Waals surface area contributed by atoms with Crippen molar-refractivity contribution in [3.05, 3.63) is 29.3 Å². The normalized spacial score (nSPS) is 12.8. The molecule has 1 N–H and O–H groups in total. The molecule has 0 amide bonds. The summed E-state index contributed by atoms with van der Waals surface area (Å²) < 4.78 is 0. The van der Waals surface area contributed by atoms with Crippen molar-refractivity contribution in [1.29, 1.82) is 0 Å². The third kappa shape index (κ3) is 2.65. The quantitative estimate of drug-likeness (QED) is 0.807. The van der Waals surface area contributed by atoms with Crippen molar-refractivity contribution in [2.45, 2.75) is 65.2 Å². The molecule has 0 aliphatic rings. The van der Waals surface area contributed by atoms with Crippen molar-refractivity contribution in [1.82, 2.24) is 0 Å². The van der Waals surface area contributed by atoms with Crippen LogP contribution in [0.1, 0.15) is 65.5 Å². The van der Waals surface area contributed by atoms with E-state index in [1.807, 2.05) is 12.1 Å². The second-order valence-corrected chi connectivity index (χ2v) is 6.11. The van der Waals surface area contributed by atoms with Crippen LogP contribution in [0.15, 0.2) is 12.1 Å². The molecule has 17 heavy (non-hydrogen) atoms. The summed E-state index contributed by atoms with van der Waals surface area (Å²) >= 11 is 0. The van der Waals surface area contributed by atoms with Crippen LogP contribution < -0.4 is 0 Å². The van der Waals surface area contributed by atoms with Crippen molar-refractivity contribution in [3.8, 4) is 5.75 Å². The average Bonchev–Trinajstić information content (AvgIpc) is 2.28. The first kappa shape index (κ1) is 14.1. The zero-order valence-corrected chi connectivity index (χ0v) is 12.0. The van der Waals surface area contributed by atoms with Crippen LogP contribution in [-0.2, 0) is 10.8 Å². The summed E-state index contributed by atoms with van der Waals surface area (Å²) in [5.41, 5.74) is 2.03. The summed E-state index contributed by atoms with van der Waals surface area (Å²) in [6.45, 7) is 13.0. The van der Waals surface area contributed by atoms with Crippen molar-refractivity contribution < 1.29 is 5.11 Å². The maximum Gasteiger partial charge on any atom is 0.123 e. The molecule has 0 spiro atoms. The third-order valence-corrected chi connectivity index (χ3v) is 4.19. The van der Waals surface area contributed by atoms with E-state index in [1.54, 1.807) is 0 Å². The van der Waals surface area contributed by atoms with E-state index >= 15 is 0 Å². The second kappa shape index (κ2) is 4.72. The van der Waals surface area contributed by atoms with Gasteiger partial charge < -0.3 is 5.11 Å². The Morgan fingerprint density at radius 3 is 1.59 bits per heavy atom. The highest BCUT2D eigenvalue weighted by Crippen LogP contribution is 2.40. The van der Waals surface area contributed by atoms with Gasteiger partial charge in [0.05, 0.1) is 0 Å². The van der Waals surface area contributed by atoms with E-state index in [4.69, 9.17) is 0 Å². The SMILES string of the molecule is CCC(C)(C)c1c[c]cc(C(C)(C)CC)c1O. The Morgan fingerprint density at radius 2 is 1.29 bits per heavy atom. The van der Waals surface area contributed by atoms with E-state index < -0.39 is 0 Å². The first-order valence-electron chi connectivity index (χ1n) is 6.50. The number of hydrogen-bond donors (Lipinski definition) is 1. The summed E-state index contributed by atoms with van der Waals surface area (Å²) in [7, 11) is 0. The van der Waals surface area contributed by atoms with Gasteiger partial charge in [-0.25, -0.2) is 0 Å². The van der Waals surface area contributed by atoms with Crippen LogP contribution in [-0.4, -0.2) is 5.11 Å². The zero-order valence-electron chi connectivity index (χ0n) is 12.0. The van der Waals surface area contributed by atoms with Gasteiger partial charge in [0, 0.05) is 11.1 Å². The highest BCUT2D eigenvalue weighted by atomic mass is 16.3. The van der Waals surface area contributed by atoms with Crippen LogP contribution in [0.5, 0.6) is 5.75 Å². The minimum Gasteiger partial charge on any atom is -0.507 e. The Hall–Kier alpha value is -0.980. The minimum atomic E-state index is 0.000411. The molecule has 1 nitrogen and oxygen atoms in total. The lowest BCUT2D eigenvalue weighted by molar-refractivity contribution is 0.400. The number of benzene rings is 1. The number of phenols is 1. The molecule has 95 valence electrons. The predicted octanol–water partition coefficient (Wildman–Crippen LogP) is 4.57. The summed E-state index contributed by atoms with van der Waals surface area (Å²) in [6.07, 6.45) is 2.01. The van der Waals surface area contributed by atoms with Gasteiger partial charge in [0.15, 0.2) is 0 Å². The maximum atomic E-state index is 10.5. The van der Waals surface area contributed by atoms with E-state index in [0.717, 1.165) is 24.0 Å². The van der Waals surface area contributed by atoms with E-state index in [0.29, 0.717) is 5.75 Å². The van der Waals surface area contributed by atoms with E-state index in [-0.39, 0.29) is 10.8 Å². The molecular formula is C16H25O. The van der Waals surface area contributed by atoms with Crippen LogP contribution in [0.3, 0.4) is 0 Å². The summed E-state index contributed by atoms with van der Waals surface area (Å²) in [5.74, 6) is 0.461. The van der Waals surface area contributed by atoms with Gasteiger partial charge in [0.1, 0.15) is 5.75 Å². The molecule has 1 heteroatoms. The second-order valence-electron chi connectivity index (χ2n) is 6.11. The highest BCUT2D eigenvalue weighted by Gasteiger charge is 2.28. The molecule has 0 fully saturated rings. The highest BCUT2D eigenvalue weighted by molar-refractivity contribution is 5.47. The van der Waals surface area contributed by atoms with Crippen LogP contribution in [0.25, 0.3) is 0 Å². The van der Waals surface area contributed by atoms with Crippen molar-refractivity contribution in [3.63, 3.8) is 0 Å². The monoisotopic (exact) mass is 233 g/mol. The fourth-order valence-electron chi connectivity index (χ4n) is 1.90. The first-order chi connectivity index (χ1) is 7.76. The van der Waals surface area contributed by atoms with Crippen LogP contribution in [0, 0.1) is 6.07 Å². The predicted molar refractivity (Wildman–Crippen MR) is 73.6 cm³/mol. The van der Waals surface area contributed by atoms with Gasteiger partial charge in [0.25, 0.3) is 0 Å². The largest absolute Gasteiger partial charge is 0.507 e. The number of rotatable bonds is 4. The third-order valence-electron chi connectivity index (χ3n) is 4.19. The van der Waals surface area contributed by atoms with E-state index in [2.05, 4.69) is 47.6 Å². The molecule has 0 atom stereocenters. The molecular weight excluding hydrogens is 208 g/mol. The molecule has 1 aromatic carbocycles. The Kier molecular flexibility index (Phi) is 3.91. The van der Waals surface area contributed by atoms with Gasteiger partial charge in [-0.2, -0.15) is 0 Å². The Labute approximate surface area is 106 Å². The molecule has 0 aliphatic carbocycles. The van der Waals surface area contributed by atoms with Crippen molar-refractivity contribution in [2.24, 2.45) is 0 Å². The zero-order chi connectivity index (χ0) is 13.3. The first-order valence-corrected chi connectivity index (χ1v) is 6.50. The van der Waals surface area contributed by atoms with Gasteiger partial charge in [-0.3, -0.25) is 0 Å². The van der Waals surface area contributed by atoms with Crippen LogP contribution in [0.2, 0.25) is 0 Å². The maximum absolute atomic E-state index is 10.5. The summed E-state index contributed by atoms with van der Waals surface area (Å²) in [6, 6.07) is 7.04. The van der Waals surface area contributed by atoms with Crippen molar-refractivity contribution in [2.75, 3.05) is 0 Å². The molecule has 1 rings (SSSR count). The molecule has 0 aromatic heterocycles. The Morgan fingerprint density at radius 1 is 0.941 bits per heavy atom. The lowest BCUT2D eigenvalue weighted by atomic mass is 9.76. The number of hydrogen-bond acceptors (Lipinski definition) is 1. The standard InChI is InChI=1S/C16H25O/c1-7-15(3,4)12-10-9-11-13(14(12)17)16(5,6)8-2/h10-11,17H,7-8H2,1-6H3. The van der Waals surface area contributed by atoms with Crippen molar-refractivity contribution >= 4 is 0 Å². The molecule has 1 aromatic rings. The molecule has 1 radical (unpaired) electrons. The lowest BCUT2D eigenvalue weighted by Crippen LogP contribution is -2.20. The molecule has 0 heterocycles. The number of aromatic hydroxyl groups is 1. The van der Waals surface area contributed by atoms with Gasteiger partial charge >= 0.3 is 0 Å². The average molecular weight is 233 g/mol. The smallest absolute Gasteiger partial charge is 0.123 e. The summed E-state index contributed by atoms with van der Waals surface area (Å²) in [5, 5.41) is 10.5. The van der Waals surface area contributed by atoms with E-state index in [1.165, 1.54) is 0 Å². The Balaban J connectivity index is 3.36. The fraction of sp³-hybridized carbons (Fsp3) is 0.625. The molecule has 0 unspecified atom stereocenters. The molecule has 0 saturated heterocycles. The van der Waals surface area contributed by atoms with Crippen LogP contribution in [0.4, 0.5) is 0 Å². The minimum absolute atomic E-state index is 0.000411. The molecule has 0 aliphatic heterocycles. The molecule has 0 bridgehead atoms. The summed E-state index contributed by atoms with van der Waals surface area (Å²) in [4.78, 5) is 0. The van der Waals surface area contributed by atoms with Gasteiger partial charge in [-0.1, -0.05) is 41.5 Å². The molecule has 0 saturated carbocycles. The fourth-order valence-corrected chi connectivity index (χ4v) is 1.90. The lowest BCUT2D eigenvalue weighted by Gasteiger charge is -2.30. The van der Waals surface area contributed by atoms with Gasteiger partial charge in [-0.15, -0.1) is 0 Å². The van der Waals surface area contributed by atoms with E-state index in [9.17, 15) is 5.11 Å². The number of phenolic OH excluding ortho intramolecular Hbond substituents is 1. The van der Waals surface area contributed by atoms with Gasteiger partial charge in [0.2, 0.25) is 0 Å². The van der Waals surface area contributed by atoms with Crippen LogP contribution >= 0.6 is 0 Å². The topological polar surface area (TPSA) is 20.2 Å². The Bertz CT molecular complexity index is 354. The van der Waals surface area contributed by atoms with Gasteiger partial charge in [-0.05, 0) is 41.9 Å².